The second-order valence-corrected chi connectivity index (χ2v) is 9.19. The van der Waals surface area contributed by atoms with E-state index in [4.69, 9.17) is 14.2 Å². The van der Waals surface area contributed by atoms with Crippen LogP contribution >= 0.6 is 15.9 Å². The van der Waals surface area contributed by atoms with Crippen molar-refractivity contribution in [1.82, 2.24) is 4.90 Å². The van der Waals surface area contributed by atoms with E-state index in [1.165, 1.54) is 0 Å². The highest BCUT2D eigenvalue weighted by molar-refractivity contribution is 9.09. The van der Waals surface area contributed by atoms with E-state index in [1.54, 1.807) is 11.9 Å². The van der Waals surface area contributed by atoms with E-state index in [0.717, 1.165) is 31.0 Å². The first-order valence-corrected chi connectivity index (χ1v) is 10.8. The second-order valence-electron chi connectivity index (χ2n) is 8.39. The molecule has 0 radical (unpaired) electrons. The number of halogens is 1. The molecule has 0 aromatic carbocycles. The number of nitrogens with zero attached hydrogens (tertiary/aromatic N) is 1. The van der Waals surface area contributed by atoms with Crippen molar-refractivity contribution in [2.45, 2.75) is 91.0 Å². The van der Waals surface area contributed by atoms with Crippen LogP contribution in [-0.4, -0.2) is 59.9 Å². The Balaban J connectivity index is 4.48. The summed E-state index contributed by atoms with van der Waals surface area (Å²) < 4.78 is 17.6. The van der Waals surface area contributed by atoms with Crippen molar-refractivity contribution >= 4 is 22.0 Å². The Labute approximate surface area is 169 Å². The van der Waals surface area contributed by atoms with Gasteiger partial charge in [0.25, 0.3) is 0 Å². The van der Waals surface area contributed by atoms with Crippen molar-refractivity contribution in [3.05, 3.63) is 0 Å². The maximum Gasteiger partial charge on any atom is 0.410 e. The van der Waals surface area contributed by atoms with Crippen molar-refractivity contribution in [1.29, 1.82) is 0 Å². The second kappa shape index (κ2) is 11.5. The Kier molecular flexibility index (Phi) is 11.4. The van der Waals surface area contributed by atoms with Gasteiger partial charge in [0.1, 0.15) is 5.60 Å². The Morgan fingerprint density at radius 2 is 1.42 bits per heavy atom. The van der Waals surface area contributed by atoms with Crippen LogP contribution in [0.25, 0.3) is 0 Å². The lowest BCUT2D eigenvalue weighted by Crippen LogP contribution is -2.39. The van der Waals surface area contributed by atoms with Gasteiger partial charge < -0.3 is 19.1 Å². The monoisotopic (exact) mass is 437 g/mol. The van der Waals surface area contributed by atoms with Gasteiger partial charge in [-0.1, -0.05) is 29.8 Å². The van der Waals surface area contributed by atoms with Gasteiger partial charge in [0, 0.05) is 18.9 Å². The normalized spacial score (nSPS) is 16.7. The molecule has 0 aliphatic heterocycles. The average Bonchev–Trinajstić information content (AvgIpc) is 2.56. The van der Waals surface area contributed by atoms with Gasteiger partial charge in [-0.15, -0.1) is 0 Å². The van der Waals surface area contributed by atoms with Gasteiger partial charge >= 0.3 is 6.09 Å². The number of carbonyl (C=O) groups excluding carboxylic acids is 1. The smallest absolute Gasteiger partial charge is 0.410 e. The van der Waals surface area contributed by atoms with Crippen LogP contribution in [0.15, 0.2) is 0 Å². The minimum absolute atomic E-state index is 0.157. The van der Waals surface area contributed by atoms with Crippen LogP contribution in [0.4, 0.5) is 4.79 Å². The topological polar surface area (TPSA) is 48.0 Å². The summed E-state index contributed by atoms with van der Waals surface area (Å²) in [6.07, 6.45) is 3.17. The first-order valence-electron chi connectivity index (χ1n) is 9.68. The summed E-state index contributed by atoms with van der Waals surface area (Å²) in [7, 11) is 1.77. The molecule has 0 saturated heterocycles. The molecule has 0 N–H and O–H groups in total. The highest BCUT2D eigenvalue weighted by Gasteiger charge is 2.28. The van der Waals surface area contributed by atoms with Gasteiger partial charge in [0.2, 0.25) is 0 Å². The Morgan fingerprint density at radius 3 is 1.88 bits per heavy atom. The fourth-order valence-corrected chi connectivity index (χ4v) is 2.50. The number of amides is 1. The molecule has 5 nitrogen and oxygen atoms in total. The van der Waals surface area contributed by atoms with Gasteiger partial charge in [-0.3, -0.25) is 0 Å². The fraction of sp³-hybridized carbons (Fsp3) is 0.950. The molecule has 156 valence electrons. The molecule has 0 aromatic heterocycles. The molecule has 1 amide bonds. The lowest BCUT2D eigenvalue weighted by molar-refractivity contribution is -0.0884. The molecule has 0 aliphatic rings. The lowest BCUT2D eigenvalue weighted by atomic mass is 9.97. The molecule has 26 heavy (non-hydrogen) atoms. The summed E-state index contributed by atoms with van der Waals surface area (Å²) in [4.78, 5) is 13.7. The summed E-state index contributed by atoms with van der Waals surface area (Å²) in [5, 5.41) is 0.840. The molecule has 0 rings (SSSR count). The largest absolute Gasteiger partial charge is 0.444 e. The van der Waals surface area contributed by atoms with Gasteiger partial charge in [-0.25, -0.2) is 4.79 Å². The van der Waals surface area contributed by atoms with E-state index in [2.05, 4.69) is 43.6 Å². The van der Waals surface area contributed by atoms with Gasteiger partial charge in [0.15, 0.2) is 0 Å². The molecule has 0 aliphatic carbocycles. The molecular weight excluding hydrogens is 398 g/mol. The van der Waals surface area contributed by atoms with Crippen LogP contribution < -0.4 is 0 Å². The van der Waals surface area contributed by atoms with Gasteiger partial charge in [-0.2, -0.15) is 0 Å². The van der Waals surface area contributed by atoms with Crippen molar-refractivity contribution in [3.63, 3.8) is 0 Å². The number of hydrogen-bond donors (Lipinski definition) is 0. The lowest BCUT2D eigenvalue weighted by Gasteiger charge is -2.34. The highest BCUT2D eigenvalue weighted by Crippen LogP contribution is 2.25. The first-order chi connectivity index (χ1) is 11.9. The van der Waals surface area contributed by atoms with E-state index >= 15 is 0 Å². The Hall–Kier alpha value is -0.330. The summed E-state index contributed by atoms with van der Waals surface area (Å²) in [6.45, 7) is 16.1. The third kappa shape index (κ3) is 10.7. The van der Waals surface area contributed by atoms with Crippen molar-refractivity contribution in [2.24, 2.45) is 0 Å². The zero-order valence-electron chi connectivity index (χ0n) is 18.1. The number of hydrogen-bond acceptors (Lipinski definition) is 4. The van der Waals surface area contributed by atoms with E-state index in [-0.39, 0.29) is 17.3 Å². The molecule has 0 fully saturated rings. The number of carbonyl (C=O) groups is 1. The molecule has 6 heteroatoms. The highest BCUT2D eigenvalue weighted by atomic mass is 79.9. The van der Waals surface area contributed by atoms with Crippen molar-refractivity contribution < 1.29 is 19.0 Å². The molecular formula is C20H40BrNO4. The minimum Gasteiger partial charge on any atom is -0.444 e. The molecule has 0 spiro atoms. The number of alkyl halides is 1. The Bertz CT molecular complexity index is 413. The van der Waals surface area contributed by atoms with Crippen LogP contribution in [0.5, 0.6) is 0 Å². The molecule has 0 bridgehead atoms. The minimum atomic E-state index is -0.477. The summed E-state index contributed by atoms with van der Waals surface area (Å²) in [5.74, 6) is 0. The number of rotatable bonds is 12. The SMILES string of the molecule is CCC(C)(CCOC(C)(CC)CCN(C)C(=O)OC(C)(C)C)OCCBr. The van der Waals surface area contributed by atoms with Crippen LogP contribution in [0.2, 0.25) is 0 Å². The molecule has 0 aromatic rings. The van der Waals surface area contributed by atoms with Crippen LogP contribution in [0, 0.1) is 0 Å². The zero-order chi connectivity index (χ0) is 20.4. The average molecular weight is 438 g/mol. The standard InChI is InChI=1S/C20H40BrNO4/c1-9-19(6,11-14-22(8)17(23)26-18(3,4)5)24-15-12-20(7,10-2)25-16-13-21/h9-16H2,1-8H3. The zero-order valence-corrected chi connectivity index (χ0v) is 19.7. The fourth-order valence-electron chi connectivity index (χ4n) is 2.34. The molecule has 0 saturated carbocycles. The van der Waals surface area contributed by atoms with Crippen molar-refractivity contribution in [2.75, 3.05) is 32.1 Å². The third-order valence-corrected chi connectivity index (χ3v) is 5.11. The first kappa shape index (κ1) is 25.7. The van der Waals surface area contributed by atoms with Gasteiger partial charge in [-0.05, 0) is 60.3 Å². The summed E-state index contributed by atoms with van der Waals surface area (Å²) >= 11 is 3.41. The summed E-state index contributed by atoms with van der Waals surface area (Å²) in [6, 6.07) is 0. The Morgan fingerprint density at radius 1 is 0.923 bits per heavy atom. The maximum absolute atomic E-state index is 12.1. The van der Waals surface area contributed by atoms with Crippen LogP contribution in [0.1, 0.15) is 74.1 Å². The molecule has 0 heterocycles. The van der Waals surface area contributed by atoms with E-state index in [9.17, 15) is 4.79 Å². The van der Waals surface area contributed by atoms with Crippen LogP contribution in [-0.2, 0) is 14.2 Å². The van der Waals surface area contributed by atoms with E-state index < -0.39 is 5.60 Å². The molecule has 2 atom stereocenters. The van der Waals surface area contributed by atoms with Crippen molar-refractivity contribution in [3.8, 4) is 0 Å². The predicted molar refractivity (Wildman–Crippen MR) is 111 cm³/mol. The number of ether oxygens (including phenoxy) is 3. The quantitative estimate of drug-likeness (QED) is 0.383. The van der Waals surface area contributed by atoms with Crippen LogP contribution in [0.3, 0.4) is 0 Å². The predicted octanol–water partition coefficient (Wildman–Crippen LogP) is 5.40. The van der Waals surface area contributed by atoms with E-state index in [0.29, 0.717) is 19.8 Å². The van der Waals surface area contributed by atoms with E-state index in [1.807, 2.05) is 20.8 Å². The maximum atomic E-state index is 12.1. The summed E-state index contributed by atoms with van der Waals surface area (Å²) in [5.41, 5.74) is -0.897. The van der Waals surface area contributed by atoms with Gasteiger partial charge in [0.05, 0.1) is 24.4 Å². The third-order valence-electron chi connectivity index (χ3n) is 4.79. The molecule has 2 unspecified atom stereocenters.